The van der Waals surface area contributed by atoms with E-state index in [9.17, 15) is 4.79 Å². The summed E-state index contributed by atoms with van der Waals surface area (Å²) in [5, 5.41) is 5.05. The minimum atomic E-state index is 0.122. The molecule has 0 spiro atoms. The highest BCUT2D eigenvalue weighted by atomic mass is 32.1. The van der Waals surface area contributed by atoms with Gasteiger partial charge in [-0.3, -0.25) is 4.79 Å². The first-order valence-electron chi connectivity index (χ1n) is 7.20. The second-order valence-electron chi connectivity index (χ2n) is 4.91. The Kier molecular flexibility index (Phi) is 6.28. The zero-order valence-corrected chi connectivity index (χ0v) is 13.1. The third-order valence-corrected chi connectivity index (χ3v) is 4.24. The number of nitrogens with one attached hydrogen (secondary N) is 1. The van der Waals surface area contributed by atoms with E-state index in [0.29, 0.717) is 13.0 Å². The van der Waals surface area contributed by atoms with Crippen molar-refractivity contribution in [1.29, 1.82) is 0 Å². The monoisotopic (exact) mass is 303 g/mol. The molecule has 0 unspecified atom stereocenters. The molecular formula is C17H21NO2S. The minimum absolute atomic E-state index is 0.122. The van der Waals surface area contributed by atoms with E-state index < -0.39 is 0 Å². The van der Waals surface area contributed by atoms with E-state index in [1.807, 2.05) is 24.3 Å². The first kappa shape index (κ1) is 15.6. The molecule has 0 aliphatic carbocycles. The molecule has 0 saturated carbocycles. The van der Waals surface area contributed by atoms with Gasteiger partial charge >= 0.3 is 0 Å². The maximum Gasteiger partial charge on any atom is 0.220 e. The van der Waals surface area contributed by atoms with Gasteiger partial charge in [0.25, 0.3) is 0 Å². The molecule has 0 aliphatic rings. The van der Waals surface area contributed by atoms with Crippen molar-refractivity contribution < 1.29 is 9.53 Å². The second-order valence-corrected chi connectivity index (χ2v) is 5.94. The standard InChI is InChI=1S/C17H21NO2S/c1-20-15-10-8-14(9-11-15)13-18-17(19)7-3-2-5-16-6-4-12-21-16/h4,6,8-12H,2-3,5,7,13H2,1H3,(H,18,19). The summed E-state index contributed by atoms with van der Waals surface area (Å²) in [5.41, 5.74) is 1.09. The predicted molar refractivity (Wildman–Crippen MR) is 86.7 cm³/mol. The van der Waals surface area contributed by atoms with Crippen molar-refractivity contribution in [2.45, 2.75) is 32.2 Å². The van der Waals surface area contributed by atoms with Gasteiger partial charge in [-0.1, -0.05) is 18.2 Å². The van der Waals surface area contributed by atoms with Gasteiger partial charge in [0, 0.05) is 17.8 Å². The van der Waals surface area contributed by atoms with E-state index in [-0.39, 0.29) is 5.91 Å². The number of carbonyl (C=O) groups excluding carboxylic acids is 1. The van der Waals surface area contributed by atoms with Crippen molar-refractivity contribution in [3.8, 4) is 5.75 Å². The molecule has 1 N–H and O–H groups in total. The summed E-state index contributed by atoms with van der Waals surface area (Å²) in [6.45, 7) is 0.577. The van der Waals surface area contributed by atoms with Gasteiger partial charge in [-0.05, 0) is 48.4 Å². The van der Waals surface area contributed by atoms with Crippen LogP contribution >= 0.6 is 11.3 Å². The van der Waals surface area contributed by atoms with Crippen LogP contribution in [0.2, 0.25) is 0 Å². The van der Waals surface area contributed by atoms with E-state index in [1.165, 1.54) is 4.88 Å². The number of hydrogen-bond donors (Lipinski definition) is 1. The van der Waals surface area contributed by atoms with Crippen molar-refractivity contribution in [3.05, 3.63) is 52.2 Å². The Morgan fingerprint density at radius 2 is 2.00 bits per heavy atom. The highest BCUT2D eigenvalue weighted by Crippen LogP contribution is 2.13. The number of thiophene rings is 1. The van der Waals surface area contributed by atoms with E-state index in [1.54, 1.807) is 18.4 Å². The molecule has 0 atom stereocenters. The van der Waals surface area contributed by atoms with Gasteiger partial charge in [0.15, 0.2) is 0 Å². The number of carbonyl (C=O) groups is 1. The first-order valence-corrected chi connectivity index (χ1v) is 8.08. The topological polar surface area (TPSA) is 38.3 Å². The zero-order chi connectivity index (χ0) is 14.9. The molecule has 1 heterocycles. The molecule has 1 aromatic heterocycles. The lowest BCUT2D eigenvalue weighted by Gasteiger charge is -2.06. The van der Waals surface area contributed by atoms with E-state index in [2.05, 4.69) is 22.8 Å². The Morgan fingerprint density at radius 3 is 2.67 bits per heavy atom. The lowest BCUT2D eigenvalue weighted by molar-refractivity contribution is -0.121. The number of methoxy groups -OCH3 is 1. The zero-order valence-electron chi connectivity index (χ0n) is 12.3. The molecule has 0 fully saturated rings. The number of aryl methyl sites for hydroxylation is 1. The maximum atomic E-state index is 11.8. The highest BCUT2D eigenvalue weighted by Gasteiger charge is 2.02. The average molecular weight is 303 g/mol. The molecule has 0 saturated heterocycles. The van der Waals surface area contributed by atoms with Gasteiger partial charge in [0.1, 0.15) is 5.75 Å². The number of hydrogen-bond acceptors (Lipinski definition) is 3. The number of amides is 1. The predicted octanol–water partition coefficient (Wildman–Crippen LogP) is 3.79. The fourth-order valence-electron chi connectivity index (χ4n) is 2.07. The van der Waals surface area contributed by atoms with Crippen LogP contribution in [0.1, 0.15) is 29.7 Å². The van der Waals surface area contributed by atoms with Crippen LogP contribution in [-0.4, -0.2) is 13.0 Å². The smallest absolute Gasteiger partial charge is 0.220 e. The van der Waals surface area contributed by atoms with Crippen LogP contribution in [0.4, 0.5) is 0 Å². The van der Waals surface area contributed by atoms with Crippen molar-refractivity contribution >= 4 is 17.2 Å². The lowest BCUT2D eigenvalue weighted by Crippen LogP contribution is -2.22. The van der Waals surface area contributed by atoms with Crippen LogP contribution in [0.15, 0.2) is 41.8 Å². The molecule has 2 aromatic rings. The maximum absolute atomic E-state index is 11.8. The van der Waals surface area contributed by atoms with Crippen LogP contribution < -0.4 is 10.1 Å². The third kappa shape index (κ3) is 5.60. The van der Waals surface area contributed by atoms with Crippen molar-refractivity contribution in [2.24, 2.45) is 0 Å². The van der Waals surface area contributed by atoms with Crippen LogP contribution in [0.5, 0.6) is 5.75 Å². The Balaban J connectivity index is 1.60. The number of unbranched alkanes of at least 4 members (excludes halogenated alkanes) is 1. The Bertz CT molecular complexity index is 534. The van der Waals surface area contributed by atoms with E-state index in [4.69, 9.17) is 4.74 Å². The summed E-state index contributed by atoms with van der Waals surface area (Å²) in [6.07, 6.45) is 3.67. The minimum Gasteiger partial charge on any atom is -0.497 e. The summed E-state index contributed by atoms with van der Waals surface area (Å²) < 4.78 is 5.10. The molecule has 21 heavy (non-hydrogen) atoms. The van der Waals surface area contributed by atoms with Gasteiger partial charge in [-0.15, -0.1) is 11.3 Å². The van der Waals surface area contributed by atoms with Crippen molar-refractivity contribution in [3.63, 3.8) is 0 Å². The number of ether oxygens (including phenoxy) is 1. The fraction of sp³-hybridized carbons (Fsp3) is 0.353. The Morgan fingerprint density at radius 1 is 1.19 bits per heavy atom. The lowest BCUT2D eigenvalue weighted by atomic mass is 10.1. The number of rotatable bonds is 8. The molecule has 1 amide bonds. The van der Waals surface area contributed by atoms with E-state index >= 15 is 0 Å². The largest absolute Gasteiger partial charge is 0.497 e. The molecule has 1 aromatic carbocycles. The van der Waals surface area contributed by atoms with Crippen molar-refractivity contribution in [2.75, 3.05) is 7.11 Å². The first-order chi connectivity index (χ1) is 10.3. The summed E-state index contributed by atoms with van der Waals surface area (Å²) in [5.74, 6) is 0.954. The van der Waals surface area contributed by atoms with Crippen LogP contribution in [-0.2, 0) is 17.8 Å². The molecule has 4 heteroatoms. The SMILES string of the molecule is COc1ccc(CNC(=O)CCCCc2cccs2)cc1. The molecule has 2 rings (SSSR count). The van der Waals surface area contributed by atoms with Crippen molar-refractivity contribution in [1.82, 2.24) is 5.32 Å². The van der Waals surface area contributed by atoms with Gasteiger partial charge in [0.05, 0.1) is 7.11 Å². The Labute approximate surface area is 130 Å². The molecular weight excluding hydrogens is 282 g/mol. The number of benzene rings is 1. The third-order valence-electron chi connectivity index (χ3n) is 3.31. The highest BCUT2D eigenvalue weighted by molar-refractivity contribution is 7.09. The molecule has 0 bridgehead atoms. The molecule has 0 radical (unpaired) electrons. The summed E-state index contributed by atoms with van der Waals surface area (Å²) in [6, 6.07) is 12.0. The van der Waals surface area contributed by atoms with Crippen LogP contribution in [0, 0.1) is 0 Å². The van der Waals surface area contributed by atoms with Gasteiger partial charge < -0.3 is 10.1 Å². The second kappa shape index (κ2) is 8.47. The van der Waals surface area contributed by atoms with E-state index in [0.717, 1.165) is 30.6 Å². The van der Waals surface area contributed by atoms with Crippen LogP contribution in [0.3, 0.4) is 0 Å². The normalized spacial score (nSPS) is 10.3. The molecule has 3 nitrogen and oxygen atoms in total. The Hall–Kier alpha value is -1.81. The fourth-order valence-corrected chi connectivity index (χ4v) is 2.82. The summed E-state index contributed by atoms with van der Waals surface area (Å²) in [7, 11) is 1.65. The average Bonchev–Trinajstić information content (AvgIpc) is 3.03. The van der Waals surface area contributed by atoms with Gasteiger partial charge in [-0.2, -0.15) is 0 Å². The van der Waals surface area contributed by atoms with Gasteiger partial charge in [0.2, 0.25) is 5.91 Å². The molecule has 0 aliphatic heterocycles. The summed E-state index contributed by atoms with van der Waals surface area (Å²) in [4.78, 5) is 13.2. The summed E-state index contributed by atoms with van der Waals surface area (Å²) >= 11 is 1.78. The quantitative estimate of drug-likeness (QED) is 0.754. The van der Waals surface area contributed by atoms with Gasteiger partial charge in [-0.25, -0.2) is 0 Å². The molecule has 112 valence electrons. The van der Waals surface area contributed by atoms with Crippen LogP contribution in [0.25, 0.3) is 0 Å².